The van der Waals surface area contributed by atoms with E-state index in [1.807, 2.05) is 37.3 Å². The Kier molecular flexibility index (Phi) is 2.56. The monoisotopic (exact) mass is 254 g/mol. The summed E-state index contributed by atoms with van der Waals surface area (Å²) in [6, 6.07) is 14.6. The van der Waals surface area contributed by atoms with Crippen LogP contribution < -0.4 is 4.74 Å². The number of ether oxygens (including phenoxy) is 1. The first-order valence-electron chi connectivity index (χ1n) is 6.19. The van der Waals surface area contributed by atoms with Gasteiger partial charge in [0.25, 0.3) is 0 Å². The third-order valence-electron chi connectivity index (χ3n) is 3.61. The van der Waals surface area contributed by atoms with Crippen LogP contribution in [0.4, 0.5) is 0 Å². The fourth-order valence-electron chi connectivity index (χ4n) is 2.53. The number of carbonyl (C=O) groups is 1. The van der Waals surface area contributed by atoms with Crippen LogP contribution in [0, 0.1) is 0 Å². The lowest BCUT2D eigenvalue weighted by molar-refractivity contribution is -0.137. The first-order chi connectivity index (χ1) is 9.09. The number of phenolic OH excluding ortho intramolecular Hbond substituents is 1. The molecule has 0 fully saturated rings. The fourth-order valence-corrected chi connectivity index (χ4v) is 2.53. The minimum Gasteiger partial charge on any atom is -0.508 e. The molecule has 2 aromatic carbocycles. The first-order valence-corrected chi connectivity index (χ1v) is 6.19. The topological polar surface area (TPSA) is 46.5 Å². The molecule has 0 aromatic heterocycles. The normalized spacial score (nSPS) is 21.0. The molecule has 3 heteroatoms. The standard InChI is InChI=1S/C16H14O3/c1-16(10-11-5-3-2-4-6-11)13-9-12(17)7-8-14(13)19-15(16)18/h2-9,17H,10H2,1H3. The molecule has 0 saturated heterocycles. The summed E-state index contributed by atoms with van der Waals surface area (Å²) in [4.78, 5) is 12.2. The number of carbonyl (C=O) groups excluding carboxylic acids is 1. The fraction of sp³-hybridized carbons (Fsp3) is 0.188. The summed E-state index contributed by atoms with van der Waals surface area (Å²) in [5.74, 6) is 0.425. The van der Waals surface area contributed by atoms with Gasteiger partial charge >= 0.3 is 5.97 Å². The van der Waals surface area contributed by atoms with Crippen LogP contribution in [0.2, 0.25) is 0 Å². The Bertz CT molecular complexity index is 634. The van der Waals surface area contributed by atoms with E-state index in [-0.39, 0.29) is 11.7 Å². The summed E-state index contributed by atoms with van der Waals surface area (Å²) in [6.07, 6.45) is 0.559. The van der Waals surface area contributed by atoms with Crippen LogP contribution in [0.25, 0.3) is 0 Å². The van der Waals surface area contributed by atoms with Gasteiger partial charge in [0.2, 0.25) is 0 Å². The number of fused-ring (bicyclic) bond motifs is 1. The molecule has 1 heterocycles. The van der Waals surface area contributed by atoms with E-state index in [1.165, 1.54) is 6.07 Å². The third-order valence-corrected chi connectivity index (χ3v) is 3.61. The number of phenols is 1. The predicted octanol–water partition coefficient (Wildman–Crippen LogP) is 2.81. The third kappa shape index (κ3) is 1.87. The molecule has 19 heavy (non-hydrogen) atoms. The minimum absolute atomic E-state index is 0.149. The molecular formula is C16H14O3. The van der Waals surface area contributed by atoms with E-state index in [1.54, 1.807) is 12.1 Å². The van der Waals surface area contributed by atoms with E-state index in [4.69, 9.17) is 4.74 Å². The zero-order valence-electron chi connectivity index (χ0n) is 10.6. The number of hydrogen-bond acceptors (Lipinski definition) is 3. The smallest absolute Gasteiger partial charge is 0.322 e. The van der Waals surface area contributed by atoms with Gasteiger partial charge in [-0.25, -0.2) is 0 Å². The van der Waals surface area contributed by atoms with Gasteiger partial charge in [-0.15, -0.1) is 0 Å². The summed E-state index contributed by atoms with van der Waals surface area (Å²) in [6.45, 7) is 1.85. The molecule has 0 saturated carbocycles. The lowest BCUT2D eigenvalue weighted by Crippen LogP contribution is -2.32. The molecule has 1 unspecified atom stereocenters. The van der Waals surface area contributed by atoms with E-state index < -0.39 is 5.41 Å². The highest BCUT2D eigenvalue weighted by Crippen LogP contribution is 2.43. The average Bonchev–Trinajstić information content (AvgIpc) is 2.64. The van der Waals surface area contributed by atoms with Crippen molar-refractivity contribution in [2.24, 2.45) is 0 Å². The second-order valence-corrected chi connectivity index (χ2v) is 5.06. The van der Waals surface area contributed by atoms with Crippen molar-refractivity contribution in [3.8, 4) is 11.5 Å². The second-order valence-electron chi connectivity index (χ2n) is 5.06. The first kappa shape index (κ1) is 11.8. The Morgan fingerprint density at radius 2 is 1.89 bits per heavy atom. The van der Waals surface area contributed by atoms with Crippen molar-refractivity contribution in [3.05, 3.63) is 59.7 Å². The largest absolute Gasteiger partial charge is 0.508 e. The van der Waals surface area contributed by atoms with Crippen molar-refractivity contribution in [2.75, 3.05) is 0 Å². The summed E-state index contributed by atoms with van der Waals surface area (Å²) in [5, 5.41) is 9.61. The van der Waals surface area contributed by atoms with Crippen LogP contribution in [0.1, 0.15) is 18.1 Å². The van der Waals surface area contributed by atoms with Gasteiger partial charge < -0.3 is 9.84 Å². The van der Waals surface area contributed by atoms with Gasteiger partial charge in [-0.3, -0.25) is 4.79 Å². The molecule has 96 valence electrons. The molecule has 0 radical (unpaired) electrons. The van der Waals surface area contributed by atoms with Crippen molar-refractivity contribution in [2.45, 2.75) is 18.8 Å². The number of rotatable bonds is 2. The van der Waals surface area contributed by atoms with Crippen LogP contribution in [0.5, 0.6) is 11.5 Å². The lowest BCUT2D eigenvalue weighted by atomic mass is 9.78. The van der Waals surface area contributed by atoms with Gasteiger partial charge in [0.1, 0.15) is 11.5 Å². The van der Waals surface area contributed by atoms with Crippen molar-refractivity contribution in [1.29, 1.82) is 0 Å². The van der Waals surface area contributed by atoms with Crippen molar-refractivity contribution in [3.63, 3.8) is 0 Å². The van der Waals surface area contributed by atoms with Gasteiger partial charge in [0.15, 0.2) is 0 Å². The maximum absolute atomic E-state index is 12.2. The number of benzene rings is 2. The van der Waals surface area contributed by atoms with Crippen molar-refractivity contribution >= 4 is 5.97 Å². The Morgan fingerprint density at radius 3 is 2.63 bits per heavy atom. The molecule has 2 aromatic rings. The number of esters is 1. The predicted molar refractivity (Wildman–Crippen MR) is 71.2 cm³/mol. The van der Waals surface area contributed by atoms with E-state index >= 15 is 0 Å². The van der Waals surface area contributed by atoms with E-state index in [0.29, 0.717) is 12.2 Å². The van der Waals surface area contributed by atoms with Gasteiger partial charge in [-0.05, 0) is 37.1 Å². The van der Waals surface area contributed by atoms with E-state index in [2.05, 4.69) is 0 Å². The minimum atomic E-state index is -0.741. The van der Waals surface area contributed by atoms with Crippen LogP contribution >= 0.6 is 0 Å². The Balaban J connectivity index is 2.04. The highest BCUT2D eigenvalue weighted by atomic mass is 16.5. The molecule has 0 bridgehead atoms. The van der Waals surface area contributed by atoms with Crippen LogP contribution in [-0.4, -0.2) is 11.1 Å². The maximum Gasteiger partial charge on any atom is 0.322 e. The van der Waals surface area contributed by atoms with Gasteiger partial charge in [-0.2, -0.15) is 0 Å². The van der Waals surface area contributed by atoms with Crippen molar-refractivity contribution in [1.82, 2.24) is 0 Å². The maximum atomic E-state index is 12.2. The Labute approximate surface area is 111 Å². The van der Waals surface area contributed by atoms with Crippen molar-refractivity contribution < 1.29 is 14.6 Å². The summed E-state index contributed by atoms with van der Waals surface area (Å²) >= 11 is 0. The zero-order valence-corrected chi connectivity index (χ0v) is 10.6. The van der Waals surface area contributed by atoms with E-state index in [9.17, 15) is 9.90 Å². The van der Waals surface area contributed by atoms with Gasteiger partial charge in [0.05, 0.1) is 5.41 Å². The average molecular weight is 254 g/mol. The molecule has 0 spiro atoms. The van der Waals surface area contributed by atoms with E-state index in [0.717, 1.165) is 11.1 Å². The summed E-state index contributed by atoms with van der Waals surface area (Å²) in [5.41, 5.74) is 1.08. The molecule has 3 rings (SSSR count). The molecule has 1 N–H and O–H groups in total. The molecule has 1 aliphatic rings. The molecule has 1 aliphatic heterocycles. The van der Waals surface area contributed by atoms with Gasteiger partial charge in [0, 0.05) is 5.56 Å². The SMILES string of the molecule is CC1(Cc2ccccc2)C(=O)Oc2ccc(O)cc21. The highest BCUT2D eigenvalue weighted by molar-refractivity contribution is 5.90. The zero-order chi connectivity index (χ0) is 13.5. The number of aromatic hydroxyl groups is 1. The quantitative estimate of drug-likeness (QED) is 0.662. The Hall–Kier alpha value is -2.29. The lowest BCUT2D eigenvalue weighted by Gasteiger charge is -2.20. The molecule has 0 amide bonds. The van der Waals surface area contributed by atoms with Crippen LogP contribution in [0.3, 0.4) is 0 Å². The number of hydrogen-bond donors (Lipinski definition) is 1. The molecule has 1 atom stereocenters. The molecule has 3 nitrogen and oxygen atoms in total. The van der Waals surface area contributed by atoms with Crippen LogP contribution in [-0.2, 0) is 16.6 Å². The summed E-state index contributed by atoms with van der Waals surface area (Å²) < 4.78 is 5.30. The Morgan fingerprint density at radius 1 is 1.16 bits per heavy atom. The summed E-state index contributed by atoms with van der Waals surface area (Å²) in [7, 11) is 0. The second kappa shape index (κ2) is 4.12. The van der Waals surface area contributed by atoms with Gasteiger partial charge in [-0.1, -0.05) is 30.3 Å². The molecular weight excluding hydrogens is 240 g/mol. The highest BCUT2D eigenvalue weighted by Gasteiger charge is 2.45. The molecule has 0 aliphatic carbocycles. The van der Waals surface area contributed by atoms with Crippen LogP contribution in [0.15, 0.2) is 48.5 Å².